The van der Waals surface area contributed by atoms with Crippen LogP contribution < -0.4 is 5.32 Å². The molecule has 2 rings (SSSR count). The minimum absolute atomic E-state index is 0.0528. The standard InChI is InChI=1S/C12H10Cl2N2O2S/c13-8-2-1-7(9(14)5-8)3-4-15-12-16-10(6-19-12)11(17)18/h1-2,5-6H,3-4H2,(H,15,16)(H,17,18). The zero-order chi connectivity index (χ0) is 13.8. The maximum Gasteiger partial charge on any atom is 0.355 e. The summed E-state index contributed by atoms with van der Waals surface area (Å²) in [5.74, 6) is -1.02. The van der Waals surface area contributed by atoms with Crippen LogP contribution in [0.2, 0.25) is 10.0 Å². The van der Waals surface area contributed by atoms with Crippen LogP contribution >= 0.6 is 34.5 Å². The minimum atomic E-state index is -1.02. The number of rotatable bonds is 5. The van der Waals surface area contributed by atoms with E-state index in [4.69, 9.17) is 28.3 Å². The molecule has 2 aromatic rings. The Hall–Kier alpha value is -1.30. The minimum Gasteiger partial charge on any atom is -0.476 e. The van der Waals surface area contributed by atoms with Crippen molar-refractivity contribution < 1.29 is 9.90 Å². The van der Waals surface area contributed by atoms with Gasteiger partial charge in [-0.2, -0.15) is 0 Å². The quantitative estimate of drug-likeness (QED) is 0.880. The van der Waals surface area contributed by atoms with Gasteiger partial charge in [-0.3, -0.25) is 0 Å². The Morgan fingerprint density at radius 2 is 2.21 bits per heavy atom. The number of benzene rings is 1. The molecule has 0 amide bonds. The summed E-state index contributed by atoms with van der Waals surface area (Å²) in [6.45, 7) is 0.619. The highest BCUT2D eigenvalue weighted by Crippen LogP contribution is 2.22. The van der Waals surface area contributed by atoms with Gasteiger partial charge in [0.2, 0.25) is 0 Å². The van der Waals surface area contributed by atoms with E-state index in [1.165, 1.54) is 16.7 Å². The Morgan fingerprint density at radius 3 is 2.84 bits per heavy atom. The van der Waals surface area contributed by atoms with Crippen molar-refractivity contribution in [3.8, 4) is 0 Å². The first-order chi connectivity index (χ1) is 9.06. The Morgan fingerprint density at radius 1 is 1.42 bits per heavy atom. The molecule has 0 aliphatic rings. The highest BCUT2D eigenvalue weighted by Gasteiger charge is 2.08. The van der Waals surface area contributed by atoms with Crippen molar-refractivity contribution in [3.05, 3.63) is 44.9 Å². The Labute approximate surface area is 124 Å². The number of hydrogen-bond donors (Lipinski definition) is 2. The lowest BCUT2D eigenvalue weighted by Gasteiger charge is -2.05. The molecule has 0 atom stereocenters. The highest BCUT2D eigenvalue weighted by atomic mass is 35.5. The van der Waals surface area contributed by atoms with Gasteiger partial charge in [0.15, 0.2) is 10.8 Å². The van der Waals surface area contributed by atoms with Gasteiger partial charge >= 0.3 is 5.97 Å². The number of nitrogens with one attached hydrogen (secondary N) is 1. The maximum absolute atomic E-state index is 10.7. The summed E-state index contributed by atoms with van der Waals surface area (Å²) >= 11 is 13.1. The number of nitrogens with zero attached hydrogens (tertiary/aromatic N) is 1. The maximum atomic E-state index is 10.7. The van der Waals surface area contributed by atoms with Gasteiger partial charge in [0.05, 0.1) is 0 Å². The van der Waals surface area contributed by atoms with Crippen molar-refractivity contribution in [2.24, 2.45) is 0 Å². The molecule has 100 valence electrons. The van der Waals surface area contributed by atoms with E-state index in [2.05, 4.69) is 10.3 Å². The van der Waals surface area contributed by atoms with Gasteiger partial charge < -0.3 is 10.4 Å². The largest absolute Gasteiger partial charge is 0.476 e. The van der Waals surface area contributed by atoms with Crippen LogP contribution in [0.3, 0.4) is 0 Å². The van der Waals surface area contributed by atoms with E-state index < -0.39 is 5.97 Å². The number of carboxylic acids is 1. The van der Waals surface area contributed by atoms with Crippen molar-refractivity contribution in [1.29, 1.82) is 0 Å². The van der Waals surface area contributed by atoms with E-state index in [0.29, 0.717) is 28.1 Å². The molecule has 0 aliphatic carbocycles. The number of hydrogen-bond acceptors (Lipinski definition) is 4. The van der Waals surface area contributed by atoms with E-state index in [-0.39, 0.29) is 5.69 Å². The van der Waals surface area contributed by atoms with Crippen LogP contribution in [0.25, 0.3) is 0 Å². The molecule has 0 spiro atoms. The van der Waals surface area contributed by atoms with Crippen LogP contribution in [-0.4, -0.2) is 22.6 Å². The van der Waals surface area contributed by atoms with Crippen molar-refractivity contribution >= 4 is 45.6 Å². The van der Waals surface area contributed by atoms with Crippen LogP contribution in [0.1, 0.15) is 16.1 Å². The normalized spacial score (nSPS) is 10.4. The van der Waals surface area contributed by atoms with E-state index in [1.807, 2.05) is 6.07 Å². The lowest BCUT2D eigenvalue weighted by atomic mass is 10.1. The zero-order valence-corrected chi connectivity index (χ0v) is 12.0. The van der Waals surface area contributed by atoms with Gasteiger partial charge in [0, 0.05) is 22.0 Å². The molecule has 4 nitrogen and oxygen atoms in total. The van der Waals surface area contributed by atoms with Crippen molar-refractivity contribution in [2.45, 2.75) is 6.42 Å². The predicted molar refractivity (Wildman–Crippen MR) is 77.7 cm³/mol. The third-order valence-corrected chi connectivity index (χ3v) is 3.80. The number of aromatic nitrogens is 1. The SMILES string of the molecule is O=C(O)c1csc(NCCc2ccc(Cl)cc2Cl)n1. The summed E-state index contributed by atoms with van der Waals surface area (Å²) in [7, 11) is 0. The molecule has 0 radical (unpaired) electrons. The van der Waals surface area contributed by atoms with Crippen molar-refractivity contribution in [1.82, 2.24) is 4.98 Å². The number of anilines is 1. The molecule has 7 heteroatoms. The molecule has 0 saturated carbocycles. The third kappa shape index (κ3) is 3.83. The molecule has 0 saturated heterocycles. The fraction of sp³-hybridized carbons (Fsp3) is 0.167. The van der Waals surface area contributed by atoms with Gasteiger partial charge in [-0.25, -0.2) is 9.78 Å². The fourth-order valence-corrected chi connectivity index (χ4v) is 2.70. The highest BCUT2D eigenvalue weighted by molar-refractivity contribution is 7.13. The lowest BCUT2D eigenvalue weighted by Crippen LogP contribution is -2.05. The van der Waals surface area contributed by atoms with E-state index in [1.54, 1.807) is 12.1 Å². The number of carbonyl (C=O) groups is 1. The zero-order valence-electron chi connectivity index (χ0n) is 9.69. The molecule has 1 aromatic carbocycles. The van der Waals surface area contributed by atoms with E-state index in [9.17, 15) is 4.79 Å². The molecule has 0 unspecified atom stereocenters. The third-order valence-electron chi connectivity index (χ3n) is 2.41. The van der Waals surface area contributed by atoms with Crippen LogP contribution in [0.4, 0.5) is 5.13 Å². The Bertz CT molecular complexity index is 601. The monoisotopic (exact) mass is 316 g/mol. The van der Waals surface area contributed by atoms with Crippen LogP contribution in [0.15, 0.2) is 23.6 Å². The summed E-state index contributed by atoms with van der Waals surface area (Å²) in [5.41, 5.74) is 1.03. The van der Waals surface area contributed by atoms with Crippen molar-refractivity contribution in [3.63, 3.8) is 0 Å². The van der Waals surface area contributed by atoms with Gasteiger partial charge in [-0.1, -0.05) is 29.3 Å². The summed E-state index contributed by atoms with van der Waals surface area (Å²) in [5, 5.41) is 15.1. The average molecular weight is 317 g/mol. The average Bonchev–Trinajstić information content (AvgIpc) is 2.81. The molecule has 19 heavy (non-hydrogen) atoms. The molecule has 0 aliphatic heterocycles. The second-order valence-corrected chi connectivity index (χ2v) is 5.46. The first-order valence-corrected chi connectivity index (χ1v) is 7.06. The Balaban J connectivity index is 1.90. The summed E-state index contributed by atoms with van der Waals surface area (Å²) in [6, 6.07) is 5.36. The van der Waals surface area contributed by atoms with Crippen LogP contribution in [-0.2, 0) is 6.42 Å². The first-order valence-electron chi connectivity index (χ1n) is 5.43. The van der Waals surface area contributed by atoms with Gasteiger partial charge in [0.25, 0.3) is 0 Å². The lowest BCUT2D eigenvalue weighted by molar-refractivity contribution is 0.0691. The molecular formula is C12H10Cl2N2O2S. The number of halogens is 2. The van der Waals surface area contributed by atoms with Crippen LogP contribution in [0.5, 0.6) is 0 Å². The molecule has 1 heterocycles. The topological polar surface area (TPSA) is 62.2 Å². The number of thiazole rings is 1. The summed E-state index contributed by atoms with van der Waals surface area (Å²) in [4.78, 5) is 14.6. The van der Waals surface area contributed by atoms with Crippen molar-refractivity contribution in [2.75, 3.05) is 11.9 Å². The molecule has 1 aromatic heterocycles. The summed E-state index contributed by atoms with van der Waals surface area (Å²) in [6.07, 6.45) is 0.706. The molecular weight excluding hydrogens is 307 g/mol. The van der Waals surface area contributed by atoms with E-state index in [0.717, 1.165) is 5.56 Å². The fourth-order valence-electron chi connectivity index (χ4n) is 1.48. The van der Waals surface area contributed by atoms with Gasteiger partial charge in [-0.15, -0.1) is 11.3 Å². The number of aromatic carboxylic acids is 1. The molecule has 0 fully saturated rings. The van der Waals surface area contributed by atoms with Gasteiger partial charge in [0.1, 0.15) is 0 Å². The second-order valence-electron chi connectivity index (χ2n) is 3.76. The Kier molecular flexibility index (Phi) is 4.63. The van der Waals surface area contributed by atoms with Gasteiger partial charge in [-0.05, 0) is 24.1 Å². The summed E-state index contributed by atoms with van der Waals surface area (Å²) < 4.78 is 0. The smallest absolute Gasteiger partial charge is 0.355 e. The van der Waals surface area contributed by atoms with E-state index >= 15 is 0 Å². The number of carboxylic acid groups (broad SMARTS) is 1. The molecule has 2 N–H and O–H groups in total. The van der Waals surface area contributed by atoms with Crippen LogP contribution in [0, 0.1) is 0 Å². The first kappa shape index (κ1) is 14.1. The predicted octanol–water partition coefficient (Wildman–Crippen LogP) is 3.80. The second kappa shape index (κ2) is 6.23. The molecule has 0 bridgehead atoms.